The van der Waals surface area contributed by atoms with Crippen LogP contribution in [0.1, 0.15) is 21.6 Å². The Kier molecular flexibility index (Phi) is 6.33. The fraction of sp³-hybridized carbons (Fsp3) is 0.100. The van der Waals surface area contributed by atoms with Crippen LogP contribution in [0.15, 0.2) is 34.9 Å². The molecule has 0 bridgehead atoms. The Morgan fingerprint density at radius 1 is 1.12 bits per heavy atom. The van der Waals surface area contributed by atoms with E-state index in [1.165, 1.54) is 0 Å². The molecular weight excluding hydrogens is 524 g/mol. The van der Waals surface area contributed by atoms with E-state index >= 15 is 0 Å². The van der Waals surface area contributed by atoms with Crippen molar-refractivity contribution < 1.29 is 40.6 Å². The SMILES string of the molecule is COC(=O)c1c(N)c(C#N)cn1-c1cc(F)cc(Br)c1Oc1c(F)cc(C(F)(F)F)cc1F. The lowest BCUT2D eigenvalue weighted by Gasteiger charge is -2.17. The number of halogens is 7. The summed E-state index contributed by atoms with van der Waals surface area (Å²) in [4.78, 5) is 12.2. The van der Waals surface area contributed by atoms with E-state index in [-0.39, 0.29) is 33.5 Å². The molecular formula is C20H10BrF6N3O3. The number of methoxy groups -OCH3 is 1. The van der Waals surface area contributed by atoms with E-state index in [0.717, 1.165) is 30.0 Å². The van der Waals surface area contributed by atoms with E-state index in [1.807, 2.05) is 0 Å². The summed E-state index contributed by atoms with van der Waals surface area (Å²) >= 11 is 2.95. The van der Waals surface area contributed by atoms with Crippen molar-refractivity contribution in [2.24, 2.45) is 0 Å². The molecule has 0 radical (unpaired) electrons. The van der Waals surface area contributed by atoms with Crippen LogP contribution >= 0.6 is 15.9 Å². The summed E-state index contributed by atoms with van der Waals surface area (Å²) in [7, 11) is 1.01. The van der Waals surface area contributed by atoms with Gasteiger partial charge < -0.3 is 19.8 Å². The van der Waals surface area contributed by atoms with Crippen molar-refractivity contribution >= 4 is 27.6 Å². The number of ether oxygens (including phenoxy) is 2. The zero-order valence-corrected chi connectivity index (χ0v) is 17.8. The van der Waals surface area contributed by atoms with Gasteiger partial charge in [-0.1, -0.05) is 0 Å². The van der Waals surface area contributed by atoms with Gasteiger partial charge in [0.05, 0.1) is 34.1 Å². The number of alkyl halides is 3. The van der Waals surface area contributed by atoms with Crippen LogP contribution in [-0.2, 0) is 10.9 Å². The highest BCUT2D eigenvalue weighted by Gasteiger charge is 2.33. The van der Waals surface area contributed by atoms with Gasteiger partial charge in [0.1, 0.15) is 11.9 Å². The van der Waals surface area contributed by atoms with Gasteiger partial charge in [0, 0.05) is 12.3 Å². The normalized spacial score (nSPS) is 11.2. The van der Waals surface area contributed by atoms with Crippen LogP contribution in [0, 0.1) is 28.8 Å². The Balaban J connectivity index is 2.26. The smallest absolute Gasteiger partial charge is 0.416 e. The summed E-state index contributed by atoms with van der Waals surface area (Å²) < 4.78 is 91.9. The van der Waals surface area contributed by atoms with Gasteiger partial charge in [0.15, 0.2) is 28.8 Å². The molecule has 1 aromatic heterocycles. The largest absolute Gasteiger partial charge is 0.464 e. The molecule has 2 aromatic carbocycles. The molecule has 6 nitrogen and oxygen atoms in total. The van der Waals surface area contributed by atoms with E-state index in [2.05, 4.69) is 20.7 Å². The number of nitriles is 1. The lowest BCUT2D eigenvalue weighted by molar-refractivity contribution is -0.138. The monoisotopic (exact) mass is 533 g/mol. The summed E-state index contributed by atoms with van der Waals surface area (Å²) in [5, 5.41) is 9.23. The van der Waals surface area contributed by atoms with Crippen LogP contribution in [0.4, 0.5) is 32.0 Å². The molecule has 0 amide bonds. The second kappa shape index (κ2) is 8.70. The van der Waals surface area contributed by atoms with Crippen molar-refractivity contribution in [1.29, 1.82) is 5.26 Å². The van der Waals surface area contributed by atoms with E-state index in [0.29, 0.717) is 0 Å². The van der Waals surface area contributed by atoms with Gasteiger partial charge in [0.2, 0.25) is 0 Å². The lowest BCUT2D eigenvalue weighted by Crippen LogP contribution is -2.12. The highest BCUT2D eigenvalue weighted by atomic mass is 79.9. The Bertz CT molecular complexity index is 1290. The number of carbonyl (C=O) groups excluding carboxylic acids is 1. The van der Waals surface area contributed by atoms with Gasteiger partial charge in [-0.2, -0.15) is 18.4 Å². The molecule has 0 aliphatic carbocycles. The number of anilines is 1. The first kappa shape index (κ1) is 24.0. The first-order chi connectivity index (χ1) is 15.4. The summed E-state index contributed by atoms with van der Waals surface area (Å²) in [5.41, 5.74) is 2.87. The first-order valence-electron chi connectivity index (χ1n) is 8.61. The third-order valence-corrected chi connectivity index (χ3v) is 4.91. The quantitative estimate of drug-likeness (QED) is 0.342. The fourth-order valence-corrected chi connectivity index (χ4v) is 3.36. The number of benzene rings is 2. The minimum absolute atomic E-state index is 0.0246. The van der Waals surface area contributed by atoms with Crippen LogP contribution in [-0.4, -0.2) is 17.6 Å². The van der Waals surface area contributed by atoms with E-state index in [1.54, 1.807) is 6.07 Å². The van der Waals surface area contributed by atoms with Crippen molar-refractivity contribution in [3.8, 4) is 23.3 Å². The molecule has 33 heavy (non-hydrogen) atoms. The highest BCUT2D eigenvalue weighted by Crippen LogP contribution is 2.41. The summed E-state index contributed by atoms with van der Waals surface area (Å²) in [6.45, 7) is 0. The number of esters is 1. The maximum atomic E-state index is 14.4. The van der Waals surface area contributed by atoms with Crippen molar-refractivity contribution in [3.05, 3.63) is 69.2 Å². The molecule has 0 saturated heterocycles. The van der Waals surface area contributed by atoms with Crippen molar-refractivity contribution in [1.82, 2.24) is 4.57 Å². The molecule has 0 aliphatic heterocycles. The summed E-state index contributed by atoms with van der Waals surface area (Å²) in [6.07, 6.45) is -4.00. The van der Waals surface area contributed by atoms with E-state index in [9.17, 15) is 36.4 Å². The molecule has 3 rings (SSSR count). The number of rotatable bonds is 4. The summed E-state index contributed by atoms with van der Waals surface area (Å²) in [5.74, 6) is -7.05. The maximum Gasteiger partial charge on any atom is 0.416 e. The molecule has 172 valence electrons. The van der Waals surface area contributed by atoms with Crippen LogP contribution < -0.4 is 10.5 Å². The zero-order valence-electron chi connectivity index (χ0n) is 16.2. The predicted molar refractivity (Wildman–Crippen MR) is 105 cm³/mol. The topological polar surface area (TPSA) is 90.3 Å². The molecule has 0 spiro atoms. The number of hydrogen-bond donors (Lipinski definition) is 1. The van der Waals surface area contributed by atoms with Crippen LogP contribution in [0.25, 0.3) is 5.69 Å². The van der Waals surface area contributed by atoms with Crippen LogP contribution in [0.2, 0.25) is 0 Å². The first-order valence-corrected chi connectivity index (χ1v) is 9.41. The average molecular weight is 534 g/mol. The van der Waals surface area contributed by atoms with Gasteiger partial charge in [-0.25, -0.2) is 18.0 Å². The van der Waals surface area contributed by atoms with Gasteiger partial charge in [-0.15, -0.1) is 0 Å². The average Bonchev–Trinajstić information content (AvgIpc) is 3.06. The minimum Gasteiger partial charge on any atom is -0.464 e. The van der Waals surface area contributed by atoms with Gasteiger partial charge in [0.25, 0.3) is 0 Å². The van der Waals surface area contributed by atoms with Gasteiger partial charge >= 0.3 is 12.1 Å². The van der Waals surface area contributed by atoms with Crippen molar-refractivity contribution in [2.75, 3.05) is 12.8 Å². The third-order valence-electron chi connectivity index (χ3n) is 4.32. The van der Waals surface area contributed by atoms with Crippen molar-refractivity contribution in [3.63, 3.8) is 0 Å². The predicted octanol–water partition coefficient (Wildman–Crippen LogP) is 5.71. The second-order valence-corrected chi connectivity index (χ2v) is 7.24. The molecule has 2 N–H and O–H groups in total. The lowest BCUT2D eigenvalue weighted by atomic mass is 10.2. The summed E-state index contributed by atoms with van der Waals surface area (Å²) in [6, 6.07) is 3.39. The maximum absolute atomic E-state index is 14.4. The standard InChI is InChI=1S/C20H10BrF6N3O3/c1-32-19(31)16-15(29)8(6-28)7-30(16)14-5-10(22)4-11(21)17(14)33-18-12(23)2-9(3-13(18)24)20(25,26)27/h2-5,7H,29H2,1H3. The van der Waals surface area contributed by atoms with Gasteiger partial charge in [-0.3, -0.25) is 0 Å². The highest BCUT2D eigenvalue weighted by molar-refractivity contribution is 9.10. The Hall–Kier alpha value is -3.66. The second-order valence-electron chi connectivity index (χ2n) is 6.38. The van der Waals surface area contributed by atoms with E-state index < -0.39 is 52.4 Å². The number of hydrogen-bond acceptors (Lipinski definition) is 5. The Morgan fingerprint density at radius 3 is 2.24 bits per heavy atom. The molecule has 0 fully saturated rings. The molecule has 13 heteroatoms. The number of nitrogens with zero attached hydrogens (tertiary/aromatic N) is 2. The minimum atomic E-state index is -5.02. The molecule has 0 aliphatic rings. The fourth-order valence-electron chi connectivity index (χ4n) is 2.85. The molecule has 1 heterocycles. The van der Waals surface area contributed by atoms with Crippen LogP contribution in [0.3, 0.4) is 0 Å². The van der Waals surface area contributed by atoms with E-state index in [4.69, 9.17) is 10.5 Å². The molecule has 0 saturated carbocycles. The molecule has 0 unspecified atom stereocenters. The Morgan fingerprint density at radius 2 is 1.73 bits per heavy atom. The molecule has 3 aromatic rings. The number of nitrogens with two attached hydrogens (primary N) is 1. The van der Waals surface area contributed by atoms with Crippen molar-refractivity contribution in [2.45, 2.75) is 6.18 Å². The van der Waals surface area contributed by atoms with Crippen LogP contribution in [0.5, 0.6) is 11.5 Å². The number of nitrogen functional groups attached to an aromatic ring is 1. The third kappa shape index (κ3) is 4.47. The molecule has 0 atom stereocenters. The Labute approximate surface area is 189 Å². The zero-order chi connectivity index (χ0) is 24.7. The van der Waals surface area contributed by atoms with Gasteiger partial charge in [-0.05, 0) is 34.1 Å². The number of aromatic nitrogens is 1. The number of carbonyl (C=O) groups is 1.